The zero-order chi connectivity index (χ0) is 9.42. The van der Waals surface area contributed by atoms with Gasteiger partial charge in [0.25, 0.3) is 0 Å². The Morgan fingerprint density at radius 3 is 3.08 bits per heavy atom. The van der Waals surface area contributed by atoms with Crippen LogP contribution in [0.25, 0.3) is 0 Å². The van der Waals surface area contributed by atoms with E-state index in [2.05, 4.69) is 21.2 Å². The zero-order valence-corrected chi connectivity index (χ0v) is 8.94. The lowest BCUT2D eigenvalue weighted by Crippen LogP contribution is -2.25. The van der Waals surface area contributed by atoms with Crippen molar-refractivity contribution in [3.05, 3.63) is 28.2 Å². The van der Waals surface area contributed by atoms with Crippen molar-refractivity contribution >= 4 is 21.6 Å². The molecule has 1 aromatic rings. The van der Waals surface area contributed by atoms with Gasteiger partial charge in [0.05, 0.1) is 6.04 Å². The summed E-state index contributed by atoms with van der Waals surface area (Å²) in [6.45, 7) is 1.60. The van der Waals surface area contributed by atoms with Gasteiger partial charge in [-0.05, 0) is 37.1 Å². The van der Waals surface area contributed by atoms with E-state index in [0.29, 0.717) is 0 Å². The van der Waals surface area contributed by atoms with Gasteiger partial charge >= 0.3 is 0 Å². The van der Waals surface area contributed by atoms with Crippen molar-refractivity contribution in [1.29, 1.82) is 0 Å². The summed E-state index contributed by atoms with van der Waals surface area (Å²) < 4.78 is 14.1. The quantitative estimate of drug-likeness (QED) is 0.800. The Morgan fingerprint density at radius 1 is 1.62 bits per heavy atom. The first-order valence-corrected chi connectivity index (χ1v) is 5.15. The van der Waals surface area contributed by atoms with Gasteiger partial charge in [-0.3, -0.25) is 0 Å². The van der Waals surface area contributed by atoms with Crippen molar-refractivity contribution in [3.8, 4) is 0 Å². The number of hydrogen-bond acceptors (Lipinski definition) is 1. The summed E-state index contributed by atoms with van der Waals surface area (Å²) in [5.41, 5.74) is 2.27. The molecule has 2 atom stereocenters. The standard InChI is InChI=1S/C10H11BrFN/c1-6(12)10-5-7-4-8(11)2-3-9(7)13-10/h2-4,6,10,13H,5H2,1H3. The van der Waals surface area contributed by atoms with Crippen LogP contribution in [0.2, 0.25) is 0 Å². The van der Waals surface area contributed by atoms with E-state index < -0.39 is 6.17 Å². The van der Waals surface area contributed by atoms with E-state index in [-0.39, 0.29) is 6.04 Å². The first kappa shape index (κ1) is 9.00. The third-order valence-corrected chi connectivity index (χ3v) is 2.90. The van der Waals surface area contributed by atoms with Crippen LogP contribution in [0.3, 0.4) is 0 Å². The fraction of sp³-hybridized carbons (Fsp3) is 0.400. The van der Waals surface area contributed by atoms with Gasteiger partial charge in [-0.25, -0.2) is 4.39 Å². The normalized spacial score (nSPS) is 22.2. The van der Waals surface area contributed by atoms with Crippen LogP contribution in [0.1, 0.15) is 12.5 Å². The summed E-state index contributed by atoms with van der Waals surface area (Å²) in [7, 11) is 0. The number of anilines is 1. The van der Waals surface area contributed by atoms with E-state index in [1.165, 1.54) is 5.56 Å². The van der Waals surface area contributed by atoms with E-state index in [1.807, 2.05) is 18.2 Å². The van der Waals surface area contributed by atoms with Crippen molar-refractivity contribution in [2.75, 3.05) is 5.32 Å². The topological polar surface area (TPSA) is 12.0 Å². The Hall–Kier alpha value is -0.570. The Morgan fingerprint density at radius 2 is 2.38 bits per heavy atom. The van der Waals surface area contributed by atoms with Crippen molar-refractivity contribution in [2.45, 2.75) is 25.6 Å². The third kappa shape index (κ3) is 1.70. The first-order valence-electron chi connectivity index (χ1n) is 4.36. The van der Waals surface area contributed by atoms with E-state index in [1.54, 1.807) is 6.92 Å². The lowest BCUT2D eigenvalue weighted by Gasteiger charge is -2.11. The predicted octanol–water partition coefficient (Wildman–Crippen LogP) is 3.14. The molecule has 0 saturated heterocycles. The average Bonchev–Trinajstić information content (AvgIpc) is 2.46. The van der Waals surface area contributed by atoms with Gasteiger partial charge in [0.15, 0.2) is 0 Å². The van der Waals surface area contributed by atoms with Crippen LogP contribution in [0.15, 0.2) is 22.7 Å². The molecule has 1 aliphatic rings. The van der Waals surface area contributed by atoms with Crippen molar-refractivity contribution in [1.82, 2.24) is 0 Å². The summed E-state index contributed by atoms with van der Waals surface area (Å²) in [6.07, 6.45) is -0.0157. The molecule has 0 aliphatic carbocycles. The highest BCUT2D eigenvalue weighted by Gasteiger charge is 2.24. The molecule has 1 nitrogen and oxygen atoms in total. The summed E-state index contributed by atoms with van der Waals surface area (Å²) in [6, 6.07) is 5.95. The highest BCUT2D eigenvalue weighted by molar-refractivity contribution is 9.10. The summed E-state index contributed by atoms with van der Waals surface area (Å²) in [5, 5.41) is 3.17. The third-order valence-electron chi connectivity index (χ3n) is 2.40. The molecule has 0 amide bonds. The van der Waals surface area contributed by atoms with Crippen molar-refractivity contribution < 1.29 is 4.39 Å². The summed E-state index contributed by atoms with van der Waals surface area (Å²) in [4.78, 5) is 0. The molecule has 0 spiro atoms. The van der Waals surface area contributed by atoms with E-state index in [4.69, 9.17) is 0 Å². The minimum absolute atomic E-state index is 0.0516. The number of rotatable bonds is 1. The van der Waals surface area contributed by atoms with Gasteiger partial charge in [-0.1, -0.05) is 15.9 Å². The predicted molar refractivity (Wildman–Crippen MR) is 55.8 cm³/mol. The average molecular weight is 244 g/mol. The van der Waals surface area contributed by atoms with Gasteiger partial charge in [-0.15, -0.1) is 0 Å². The van der Waals surface area contributed by atoms with Crippen LogP contribution in [0.5, 0.6) is 0 Å². The van der Waals surface area contributed by atoms with Crippen LogP contribution in [0.4, 0.5) is 10.1 Å². The molecule has 13 heavy (non-hydrogen) atoms. The number of hydrogen-bond donors (Lipinski definition) is 1. The molecule has 0 bridgehead atoms. The molecule has 2 unspecified atom stereocenters. The van der Waals surface area contributed by atoms with Crippen LogP contribution >= 0.6 is 15.9 Å². The van der Waals surface area contributed by atoms with Crippen LogP contribution < -0.4 is 5.32 Å². The number of halogens is 2. The molecule has 1 N–H and O–H groups in total. The molecule has 3 heteroatoms. The van der Waals surface area contributed by atoms with E-state index >= 15 is 0 Å². The van der Waals surface area contributed by atoms with Crippen LogP contribution in [0, 0.1) is 0 Å². The van der Waals surface area contributed by atoms with Gasteiger partial charge in [0.1, 0.15) is 6.17 Å². The fourth-order valence-electron chi connectivity index (χ4n) is 1.64. The van der Waals surface area contributed by atoms with Crippen molar-refractivity contribution in [2.24, 2.45) is 0 Å². The second-order valence-corrected chi connectivity index (χ2v) is 4.35. The molecule has 0 aromatic heterocycles. The largest absolute Gasteiger partial charge is 0.379 e. The minimum Gasteiger partial charge on any atom is -0.379 e. The Kier molecular flexibility index (Phi) is 2.28. The second-order valence-electron chi connectivity index (χ2n) is 3.43. The van der Waals surface area contributed by atoms with Crippen LogP contribution in [-0.2, 0) is 6.42 Å². The van der Waals surface area contributed by atoms with Gasteiger partial charge in [0.2, 0.25) is 0 Å². The molecule has 0 fully saturated rings. The van der Waals surface area contributed by atoms with Gasteiger partial charge in [0, 0.05) is 10.2 Å². The Bertz CT molecular complexity index is 325. The number of fused-ring (bicyclic) bond motifs is 1. The first-order chi connectivity index (χ1) is 6.16. The molecule has 2 rings (SSSR count). The zero-order valence-electron chi connectivity index (χ0n) is 7.35. The van der Waals surface area contributed by atoms with Crippen LogP contribution in [-0.4, -0.2) is 12.2 Å². The number of alkyl halides is 1. The maximum atomic E-state index is 13.0. The Balaban J connectivity index is 2.25. The maximum absolute atomic E-state index is 13.0. The van der Waals surface area contributed by atoms with E-state index in [0.717, 1.165) is 16.6 Å². The van der Waals surface area contributed by atoms with Gasteiger partial charge in [-0.2, -0.15) is 0 Å². The molecular formula is C10H11BrFN. The summed E-state index contributed by atoms with van der Waals surface area (Å²) in [5.74, 6) is 0. The Labute approximate surface area is 85.5 Å². The molecule has 70 valence electrons. The highest BCUT2D eigenvalue weighted by Crippen LogP contribution is 2.30. The molecule has 0 saturated carbocycles. The molecular weight excluding hydrogens is 233 g/mol. The molecule has 1 aliphatic heterocycles. The molecule has 0 radical (unpaired) electrons. The SMILES string of the molecule is CC(F)C1Cc2cc(Br)ccc2N1. The number of benzene rings is 1. The second kappa shape index (κ2) is 3.29. The maximum Gasteiger partial charge on any atom is 0.118 e. The fourth-order valence-corrected chi connectivity index (χ4v) is 2.05. The number of nitrogens with one attached hydrogen (secondary N) is 1. The smallest absolute Gasteiger partial charge is 0.118 e. The minimum atomic E-state index is -0.800. The molecule has 1 heterocycles. The van der Waals surface area contributed by atoms with Crippen molar-refractivity contribution in [3.63, 3.8) is 0 Å². The molecule has 1 aromatic carbocycles. The van der Waals surface area contributed by atoms with E-state index in [9.17, 15) is 4.39 Å². The van der Waals surface area contributed by atoms with Gasteiger partial charge < -0.3 is 5.32 Å². The lowest BCUT2D eigenvalue weighted by molar-refractivity contribution is 0.322. The lowest BCUT2D eigenvalue weighted by atomic mass is 10.1. The monoisotopic (exact) mass is 243 g/mol. The summed E-state index contributed by atoms with van der Waals surface area (Å²) >= 11 is 3.40. The highest BCUT2D eigenvalue weighted by atomic mass is 79.9.